The van der Waals surface area contributed by atoms with Crippen LogP contribution in [0.15, 0.2) is 6.07 Å². The Hall–Kier alpha value is -1.51. The lowest BCUT2D eigenvalue weighted by atomic mass is 10.1. The number of methoxy groups -OCH3 is 2. The maximum atomic E-state index is 12.3. The lowest BCUT2D eigenvalue weighted by molar-refractivity contribution is -0.275. The second kappa shape index (κ2) is 6.78. The third-order valence-electron chi connectivity index (χ3n) is 2.23. The Balaban J connectivity index is 3.22. The fraction of sp³-hybridized carbons (Fsp3) is 0.455. The van der Waals surface area contributed by atoms with Gasteiger partial charge in [-0.3, -0.25) is 4.79 Å². The summed E-state index contributed by atoms with van der Waals surface area (Å²) in [6, 6.07) is 1.06. The number of halogens is 4. The molecule has 5 nitrogen and oxygen atoms in total. The quantitative estimate of drug-likeness (QED) is 0.598. The molecule has 9 heteroatoms. The maximum Gasteiger partial charge on any atom is 0.573 e. The highest BCUT2D eigenvalue weighted by atomic mass is 79.9. The minimum atomic E-state index is -4.88. The van der Waals surface area contributed by atoms with Crippen molar-refractivity contribution in [3.63, 3.8) is 0 Å². The molecule has 0 aliphatic carbocycles. The first kappa shape index (κ1) is 16.5. The largest absolute Gasteiger partial charge is 0.573 e. The molecule has 0 aliphatic rings. The SMILES string of the molecule is COC(=O)Cc1cc(OC(F)(F)F)c(OC)nc1CBr. The molecule has 20 heavy (non-hydrogen) atoms. The van der Waals surface area contributed by atoms with Crippen LogP contribution in [0.4, 0.5) is 13.2 Å². The van der Waals surface area contributed by atoms with Gasteiger partial charge in [0.15, 0.2) is 5.75 Å². The summed E-state index contributed by atoms with van der Waals surface area (Å²) < 4.78 is 49.9. The molecule has 1 aromatic heterocycles. The van der Waals surface area contributed by atoms with Gasteiger partial charge in [0.2, 0.25) is 0 Å². The number of ether oxygens (including phenoxy) is 3. The summed E-state index contributed by atoms with van der Waals surface area (Å²) in [6.07, 6.45) is -5.10. The van der Waals surface area contributed by atoms with E-state index in [2.05, 4.69) is 30.4 Å². The highest BCUT2D eigenvalue weighted by Gasteiger charge is 2.33. The minimum Gasteiger partial charge on any atom is -0.478 e. The van der Waals surface area contributed by atoms with Crippen LogP contribution in [0.25, 0.3) is 0 Å². The number of aromatic nitrogens is 1. The van der Waals surface area contributed by atoms with Gasteiger partial charge in [0.25, 0.3) is 5.88 Å². The topological polar surface area (TPSA) is 57.7 Å². The lowest BCUT2D eigenvalue weighted by Gasteiger charge is -2.15. The van der Waals surface area contributed by atoms with Crippen molar-refractivity contribution < 1.29 is 32.2 Å². The molecule has 1 aromatic rings. The standard InChI is InChI=1S/C11H11BrF3NO4/c1-18-9(17)4-6-3-8(20-11(13,14)15)10(19-2)16-7(6)5-12/h3H,4-5H2,1-2H3. The third kappa shape index (κ3) is 4.55. The lowest BCUT2D eigenvalue weighted by Crippen LogP contribution is -2.19. The zero-order valence-electron chi connectivity index (χ0n) is 10.6. The molecule has 0 fully saturated rings. The Bertz CT molecular complexity index is 493. The van der Waals surface area contributed by atoms with Crippen LogP contribution >= 0.6 is 15.9 Å². The van der Waals surface area contributed by atoms with E-state index in [9.17, 15) is 18.0 Å². The van der Waals surface area contributed by atoms with Crippen LogP contribution in [0, 0.1) is 0 Å². The number of carbonyl (C=O) groups is 1. The van der Waals surface area contributed by atoms with E-state index in [1.807, 2.05) is 0 Å². The third-order valence-corrected chi connectivity index (χ3v) is 2.76. The van der Waals surface area contributed by atoms with E-state index in [4.69, 9.17) is 4.74 Å². The number of rotatable bonds is 5. The van der Waals surface area contributed by atoms with Gasteiger partial charge in [-0.2, -0.15) is 0 Å². The maximum absolute atomic E-state index is 12.3. The van der Waals surface area contributed by atoms with Crippen LogP contribution in [0.2, 0.25) is 0 Å². The summed E-state index contributed by atoms with van der Waals surface area (Å²) in [5.74, 6) is -1.52. The highest BCUT2D eigenvalue weighted by molar-refractivity contribution is 9.08. The Kier molecular flexibility index (Phi) is 5.61. The molecule has 0 amide bonds. The van der Waals surface area contributed by atoms with Crippen LogP contribution in [0.5, 0.6) is 11.6 Å². The molecule has 0 saturated heterocycles. The molecule has 0 aromatic carbocycles. The molecule has 0 saturated carbocycles. The number of hydrogen-bond donors (Lipinski definition) is 0. The summed E-state index contributed by atoms with van der Waals surface area (Å²) in [5.41, 5.74) is 0.621. The fourth-order valence-corrected chi connectivity index (χ4v) is 1.88. The van der Waals surface area contributed by atoms with Crippen molar-refractivity contribution in [1.29, 1.82) is 0 Å². The summed E-state index contributed by atoms with van der Waals surface area (Å²) in [6.45, 7) is 0. The van der Waals surface area contributed by atoms with Gasteiger partial charge in [-0.05, 0) is 11.6 Å². The number of esters is 1. The Morgan fingerprint density at radius 1 is 1.40 bits per heavy atom. The van der Waals surface area contributed by atoms with E-state index in [-0.39, 0.29) is 23.2 Å². The van der Waals surface area contributed by atoms with E-state index >= 15 is 0 Å². The molecule has 0 atom stereocenters. The van der Waals surface area contributed by atoms with Gasteiger partial charge in [0, 0.05) is 5.33 Å². The van der Waals surface area contributed by atoms with Gasteiger partial charge in [-0.25, -0.2) is 4.98 Å². The van der Waals surface area contributed by atoms with Crippen LogP contribution < -0.4 is 9.47 Å². The van der Waals surface area contributed by atoms with Gasteiger partial charge < -0.3 is 14.2 Å². The molecule has 0 bridgehead atoms. The number of hydrogen-bond acceptors (Lipinski definition) is 5. The molecule has 112 valence electrons. The first-order valence-electron chi connectivity index (χ1n) is 5.26. The number of alkyl halides is 4. The van der Waals surface area contributed by atoms with E-state index in [1.165, 1.54) is 14.2 Å². The molecule has 0 radical (unpaired) electrons. The van der Waals surface area contributed by atoms with Crippen molar-refractivity contribution in [3.8, 4) is 11.6 Å². The predicted molar refractivity (Wildman–Crippen MR) is 65.8 cm³/mol. The molecule has 0 aliphatic heterocycles. The Morgan fingerprint density at radius 3 is 2.50 bits per heavy atom. The number of pyridine rings is 1. The minimum absolute atomic E-state index is 0.220. The zero-order valence-corrected chi connectivity index (χ0v) is 12.2. The van der Waals surface area contributed by atoms with Crippen LogP contribution in [0.1, 0.15) is 11.3 Å². The summed E-state index contributed by atoms with van der Waals surface area (Å²) >= 11 is 3.14. The number of carbonyl (C=O) groups excluding carboxylic acids is 1. The zero-order chi connectivity index (χ0) is 15.3. The molecular formula is C11H11BrF3NO4. The predicted octanol–water partition coefficient (Wildman–Crippen LogP) is 2.60. The molecule has 0 unspecified atom stereocenters. The van der Waals surface area contributed by atoms with Gasteiger partial charge >= 0.3 is 12.3 Å². The average molecular weight is 358 g/mol. The molecule has 0 N–H and O–H groups in total. The van der Waals surface area contributed by atoms with Crippen molar-refractivity contribution in [3.05, 3.63) is 17.3 Å². The highest BCUT2D eigenvalue weighted by Crippen LogP contribution is 2.33. The van der Waals surface area contributed by atoms with E-state index < -0.39 is 18.1 Å². The molecule has 1 rings (SSSR count). The van der Waals surface area contributed by atoms with Crippen molar-refractivity contribution in [2.24, 2.45) is 0 Å². The van der Waals surface area contributed by atoms with Crippen LogP contribution in [-0.2, 0) is 21.3 Å². The fourth-order valence-electron chi connectivity index (χ4n) is 1.39. The Labute approximate surface area is 121 Å². The van der Waals surface area contributed by atoms with Crippen LogP contribution in [-0.4, -0.2) is 31.5 Å². The smallest absolute Gasteiger partial charge is 0.478 e. The summed E-state index contributed by atoms with van der Waals surface area (Å²) in [4.78, 5) is 15.1. The first-order chi connectivity index (χ1) is 9.30. The van der Waals surface area contributed by atoms with E-state index in [1.54, 1.807) is 0 Å². The van der Waals surface area contributed by atoms with Crippen molar-refractivity contribution >= 4 is 21.9 Å². The van der Waals surface area contributed by atoms with Gasteiger partial charge in [-0.1, -0.05) is 15.9 Å². The molecular weight excluding hydrogens is 347 g/mol. The average Bonchev–Trinajstić information content (AvgIpc) is 2.37. The second-order valence-corrected chi connectivity index (χ2v) is 4.10. The van der Waals surface area contributed by atoms with Gasteiger partial charge in [0.05, 0.1) is 26.3 Å². The van der Waals surface area contributed by atoms with Crippen molar-refractivity contribution in [2.45, 2.75) is 18.1 Å². The molecule has 0 spiro atoms. The first-order valence-corrected chi connectivity index (χ1v) is 6.38. The summed E-state index contributed by atoms with van der Waals surface area (Å²) in [5, 5.41) is 0.238. The van der Waals surface area contributed by atoms with Crippen LogP contribution in [0.3, 0.4) is 0 Å². The normalized spacial score (nSPS) is 11.1. The Morgan fingerprint density at radius 2 is 2.05 bits per heavy atom. The van der Waals surface area contributed by atoms with Crippen molar-refractivity contribution in [1.82, 2.24) is 4.98 Å². The van der Waals surface area contributed by atoms with Crippen molar-refractivity contribution in [2.75, 3.05) is 14.2 Å². The molecule has 1 heterocycles. The van der Waals surface area contributed by atoms with Gasteiger partial charge in [-0.15, -0.1) is 13.2 Å². The van der Waals surface area contributed by atoms with E-state index in [0.717, 1.165) is 6.07 Å². The van der Waals surface area contributed by atoms with E-state index in [0.29, 0.717) is 5.69 Å². The number of nitrogens with zero attached hydrogens (tertiary/aromatic N) is 1. The second-order valence-electron chi connectivity index (χ2n) is 3.54. The van der Waals surface area contributed by atoms with Gasteiger partial charge in [0.1, 0.15) is 0 Å². The summed E-state index contributed by atoms with van der Waals surface area (Å²) in [7, 11) is 2.35. The monoisotopic (exact) mass is 357 g/mol.